The van der Waals surface area contributed by atoms with Crippen molar-refractivity contribution in [2.75, 3.05) is 5.32 Å². The molecule has 0 saturated carbocycles. The van der Waals surface area contributed by atoms with Gasteiger partial charge in [-0.15, -0.1) is 0 Å². The number of rotatable bonds is 3. The molecule has 0 aromatic carbocycles. The fourth-order valence-electron chi connectivity index (χ4n) is 1.85. The maximum atomic E-state index is 12.7. The molecule has 1 aromatic rings. The molecule has 3 rings (SSSR count). The first-order valence-corrected chi connectivity index (χ1v) is 5.90. The summed E-state index contributed by atoms with van der Waals surface area (Å²) in [5.74, 6) is -0.422. The smallest absolute Gasteiger partial charge is 0.231 e. The first-order chi connectivity index (χ1) is 9.72. The molecule has 2 aliphatic heterocycles. The van der Waals surface area contributed by atoms with Gasteiger partial charge < -0.3 is 10.3 Å². The number of anilines is 1. The molecule has 0 aliphatic carbocycles. The highest BCUT2D eigenvalue weighted by Crippen LogP contribution is 2.21. The predicted molar refractivity (Wildman–Crippen MR) is 69.5 cm³/mol. The lowest BCUT2D eigenvalue weighted by atomic mass is 10.1. The third kappa shape index (κ3) is 2.46. The molecule has 0 spiro atoms. The number of nitrogens with zero attached hydrogens (tertiary/aromatic N) is 3. The van der Waals surface area contributed by atoms with E-state index in [1.54, 1.807) is 12.4 Å². The zero-order valence-electron chi connectivity index (χ0n) is 10.3. The molecule has 1 aromatic heterocycles. The Labute approximate surface area is 113 Å². The number of aromatic nitrogens is 4. The first kappa shape index (κ1) is 12.2. The van der Waals surface area contributed by atoms with Crippen LogP contribution in [-0.2, 0) is 11.2 Å². The molecule has 0 radical (unpaired) electrons. The van der Waals surface area contributed by atoms with Crippen LogP contribution in [0.5, 0.6) is 0 Å². The van der Waals surface area contributed by atoms with E-state index in [1.165, 1.54) is 18.5 Å². The van der Waals surface area contributed by atoms with Crippen LogP contribution in [-0.4, -0.2) is 25.8 Å². The molecular weight excluding hydrogens is 261 g/mol. The van der Waals surface area contributed by atoms with E-state index in [4.69, 9.17) is 0 Å². The van der Waals surface area contributed by atoms with Gasteiger partial charge in [0.05, 0.1) is 36.5 Å². The van der Waals surface area contributed by atoms with E-state index in [-0.39, 0.29) is 12.3 Å². The van der Waals surface area contributed by atoms with Crippen molar-refractivity contribution in [2.45, 2.75) is 6.42 Å². The largest absolute Gasteiger partial charge is 0.345 e. The van der Waals surface area contributed by atoms with Crippen molar-refractivity contribution in [3.8, 4) is 11.3 Å². The molecule has 0 unspecified atom stereocenters. The monoisotopic (exact) mass is 271 g/mol. The highest BCUT2D eigenvalue weighted by atomic mass is 19.1. The van der Waals surface area contributed by atoms with Gasteiger partial charge in [0.25, 0.3) is 0 Å². The number of carbonyl (C=O) groups is 1. The van der Waals surface area contributed by atoms with Crippen molar-refractivity contribution >= 4 is 11.7 Å². The van der Waals surface area contributed by atoms with Crippen LogP contribution >= 0.6 is 0 Å². The van der Waals surface area contributed by atoms with Gasteiger partial charge in [0.15, 0.2) is 0 Å². The molecule has 0 fully saturated rings. The Bertz CT molecular complexity index is 709. The fourth-order valence-corrected chi connectivity index (χ4v) is 1.85. The predicted octanol–water partition coefficient (Wildman–Crippen LogP) is 1.62. The average molecular weight is 271 g/mol. The summed E-state index contributed by atoms with van der Waals surface area (Å²) in [4.78, 5) is 26.8. The van der Waals surface area contributed by atoms with Crippen LogP contribution in [0.1, 0.15) is 5.69 Å². The van der Waals surface area contributed by atoms with Crippen LogP contribution < -0.4 is 5.32 Å². The Balaban J connectivity index is 1.73. The molecule has 20 heavy (non-hydrogen) atoms. The Kier molecular flexibility index (Phi) is 3.08. The minimum atomic E-state index is -0.451. The fraction of sp³-hybridized carbons (Fsp3) is 0.0769. The second-order valence-corrected chi connectivity index (χ2v) is 4.17. The van der Waals surface area contributed by atoms with Gasteiger partial charge in [-0.1, -0.05) is 0 Å². The van der Waals surface area contributed by atoms with Crippen molar-refractivity contribution in [1.82, 2.24) is 19.9 Å². The lowest BCUT2D eigenvalue weighted by Crippen LogP contribution is -2.16. The van der Waals surface area contributed by atoms with Crippen molar-refractivity contribution in [3.63, 3.8) is 0 Å². The number of nitrogens with one attached hydrogen (secondary N) is 2. The van der Waals surface area contributed by atoms with Gasteiger partial charge in [0.2, 0.25) is 5.91 Å². The molecule has 3 heterocycles. The molecular formula is C13H10FN5O. The number of fused-ring (bicyclic) bond motifs is 1. The second-order valence-electron chi connectivity index (χ2n) is 4.17. The number of H-pyrrole nitrogens is 1. The Hall–Kier alpha value is -2.83. The SMILES string of the molecule is O=C(Cc1nc[nH]c2cncc1-2)Nc1ccc(F)cn1. The van der Waals surface area contributed by atoms with Crippen LogP contribution in [0.4, 0.5) is 10.2 Å². The maximum absolute atomic E-state index is 12.7. The zero-order chi connectivity index (χ0) is 13.9. The Morgan fingerprint density at radius 1 is 1.25 bits per heavy atom. The lowest BCUT2D eigenvalue weighted by Gasteiger charge is -2.07. The van der Waals surface area contributed by atoms with Gasteiger partial charge in [-0.2, -0.15) is 0 Å². The highest BCUT2D eigenvalue weighted by molar-refractivity contribution is 5.92. The summed E-state index contributed by atoms with van der Waals surface area (Å²) in [7, 11) is 0. The van der Waals surface area contributed by atoms with Crippen molar-refractivity contribution in [2.24, 2.45) is 0 Å². The quantitative estimate of drug-likeness (QED) is 0.758. The highest BCUT2D eigenvalue weighted by Gasteiger charge is 2.14. The van der Waals surface area contributed by atoms with Gasteiger partial charge in [0.1, 0.15) is 11.6 Å². The summed E-state index contributed by atoms with van der Waals surface area (Å²) in [6.07, 6.45) is 5.97. The molecule has 6 nitrogen and oxygen atoms in total. The molecule has 100 valence electrons. The molecule has 0 saturated heterocycles. The number of halogens is 1. The van der Waals surface area contributed by atoms with Gasteiger partial charge in [-0.3, -0.25) is 9.78 Å². The number of hydrogen-bond donors (Lipinski definition) is 2. The van der Waals surface area contributed by atoms with Crippen molar-refractivity contribution < 1.29 is 9.18 Å². The molecule has 7 heteroatoms. The number of pyridine rings is 1. The van der Waals surface area contributed by atoms with E-state index in [0.717, 1.165) is 17.5 Å². The summed E-state index contributed by atoms with van der Waals surface area (Å²) in [5.41, 5.74) is 2.24. The first-order valence-electron chi connectivity index (χ1n) is 5.90. The summed E-state index contributed by atoms with van der Waals surface area (Å²) >= 11 is 0. The van der Waals surface area contributed by atoms with Crippen LogP contribution in [0.25, 0.3) is 11.3 Å². The third-order valence-corrected chi connectivity index (χ3v) is 2.77. The minimum absolute atomic E-state index is 0.0932. The number of amides is 1. The number of hydrogen-bond acceptors (Lipinski definition) is 4. The summed E-state index contributed by atoms with van der Waals surface area (Å²) in [5, 5.41) is 2.59. The molecule has 0 bridgehead atoms. The number of carbonyl (C=O) groups excluding carboxylic acids is 1. The van der Waals surface area contributed by atoms with Gasteiger partial charge >= 0.3 is 0 Å². The van der Waals surface area contributed by atoms with Crippen LogP contribution in [0, 0.1) is 5.82 Å². The average Bonchev–Trinajstić information content (AvgIpc) is 2.91. The minimum Gasteiger partial charge on any atom is -0.345 e. The summed E-state index contributed by atoms with van der Waals surface area (Å²) < 4.78 is 12.7. The second kappa shape index (κ2) is 5.04. The van der Waals surface area contributed by atoms with Crippen LogP contribution in [0.15, 0.2) is 37.1 Å². The van der Waals surface area contributed by atoms with E-state index < -0.39 is 5.82 Å². The molecule has 0 atom stereocenters. The van der Waals surface area contributed by atoms with Gasteiger partial charge in [-0.05, 0) is 12.1 Å². The van der Waals surface area contributed by atoms with E-state index >= 15 is 0 Å². The molecule has 2 N–H and O–H groups in total. The summed E-state index contributed by atoms with van der Waals surface area (Å²) in [6.45, 7) is 0. The van der Waals surface area contributed by atoms with E-state index in [0.29, 0.717) is 11.5 Å². The van der Waals surface area contributed by atoms with Gasteiger partial charge in [-0.25, -0.2) is 14.4 Å². The van der Waals surface area contributed by atoms with E-state index in [9.17, 15) is 9.18 Å². The molecule has 1 amide bonds. The normalized spacial score (nSPS) is 10.7. The van der Waals surface area contributed by atoms with E-state index in [2.05, 4.69) is 25.3 Å². The summed E-state index contributed by atoms with van der Waals surface area (Å²) in [6, 6.07) is 2.64. The van der Waals surface area contributed by atoms with Crippen molar-refractivity contribution in [3.05, 3.63) is 48.6 Å². The Morgan fingerprint density at radius 2 is 2.15 bits per heavy atom. The topological polar surface area (TPSA) is 83.6 Å². The van der Waals surface area contributed by atoms with Crippen LogP contribution in [0.3, 0.4) is 0 Å². The van der Waals surface area contributed by atoms with E-state index in [1.807, 2.05) is 0 Å². The number of aromatic amines is 1. The third-order valence-electron chi connectivity index (χ3n) is 2.77. The lowest BCUT2D eigenvalue weighted by molar-refractivity contribution is -0.115. The van der Waals surface area contributed by atoms with Gasteiger partial charge in [0, 0.05) is 11.8 Å². The zero-order valence-corrected chi connectivity index (χ0v) is 10.3. The standard InChI is InChI=1S/C13H10FN5O/c14-8-1-2-12(16-4-8)19-13(20)3-10-9-5-15-6-11(9)18-7-17-10/h1-2,4-7H,3H2,(H,17,18)(H,16,19,20). The Morgan fingerprint density at radius 3 is 2.95 bits per heavy atom. The molecule has 2 aliphatic rings. The van der Waals surface area contributed by atoms with Crippen molar-refractivity contribution in [1.29, 1.82) is 0 Å². The van der Waals surface area contributed by atoms with Crippen LogP contribution in [0.2, 0.25) is 0 Å². The maximum Gasteiger partial charge on any atom is 0.231 e.